The number of rotatable bonds is 2. The Morgan fingerprint density at radius 1 is 1.35 bits per heavy atom. The first-order valence-electron chi connectivity index (χ1n) is 7.29. The lowest BCUT2D eigenvalue weighted by Crippen LogP contribution is -2.34. The molecule has 0 saturated heterocycles. The van der Waals surface area contributed by atoms with Gasteiger partial charge >= 0.3 is 0 Å². The number of nitrogens with one attached hydrogen (secondary N) is 2. The van der Waals surface area contributed by atoms with Gasteiger partial charge in [-0.1, -0.05) is 17.7 Å². The van der Waals surface area contributed by atoms with E-state index in [1.165, 1.54) is 6.07 Å². The van der Waals surface area contributed by atoms with Crippen molar-refractivity contribution in [3.05, 3.63) is 58.4 Å². The summed E-state index contributed by atoms with van der Waals surface area (Å²) < 4.78 is 13.5. The Hall–Kier alpha value is -1.30. The molecule has 23 heavy (non-hydrogen) atoms. The minimum atomic E-state index is -0.220. The number of anilines is 1. The van der Waals surface area contributed by atoms with E-state index < -0.39 is 0 Å². The molecule has 0 saturated carbocycles. The Balaban J connectivity index is 1.74. The normalized spacial score (nSPS) is 16.6. The third-order valence-corrected chi connectivity index (χ3v) is 5.58. The summed E-state index contributed by atoms with van der Waals surface area (Å²) in [5.74, 6) is 0.761. The minimum absolute atomic E-state index is 0.0152. The summed E-state index contributed by atoms with van der Waals surface area (Å²) in [6.07, 6.45) is 0.900. The van der Waals surface area contributed by atoms with Crippen LogP contribution in [-0.4, -0.2) is 10.9 Å². The molecule has 0 fully saturated rings. The van der Waals surface area contributed by atoms with Gasteiger partial charge in [-0.3, -0.25) is 0 Å². The number of fused-ring (bicyclic) bond motifs is 1. The lowest BCUT2D eigenvalue weighted by molar-refractivity contribution is 0.587. The molecule has 0 radical (unpaired) electrons. The third-order valence-electron chi connectivity index (χ3n) is 3.83. The standard InChI is InChI=1S/C17H16ClFN2S2/c1-10-13(18)3-2-4-14(10)20-17(22)21-15-7-8-23-16-6-5-11(19)9-12(15)16/h2-6,9,15H,7-8H2,1H3,(H2,20,21,22)/t15-/m0/s1. The molecule has 2 N–H and O–H groups in total. The highest BCUT2D eigenvalue weighted by molar-refractivity contribution is 7.99. The van der Waals surface area contributed by atoms with Crippen LogP contribution in [0.5, 0.6) is 0 Å². The van der Waals surface area contributed by atoms with Gasteiger partial charge < -0.3 is 10.6 Å². The van der Waals surface area contributed by atoms with Crippen LogP contribution < -0.4 is 10.6 Å². The summed E-state index contributed by atoms with van der Waals surface area (Å²) in [5, 5.41) is 7.68. The molecule has 2 aromatic rings. The van der Waals surface area contributed by atoms with E-state index in [1.807, 2.05) is 31.2 Å². The fraction of sp³-hybridized carbons (Fsp3) is 0.235. The smallest absolute Gasteiger partial charge is 0.171 e. The molecule has 1 aliphatic heterocycles. The van der Waals surface area contributed by atoms with E-state index in [4.69, 9.17) is 23.8 Å². The van der Waals surface area contributed by atoms with Crippen LogP contribution in [0.2, 0.25) is 5.02 Å². The van der Waals surface area contributed by atoms with E-state index in [0.717, 1.165) is 33.9 Å². The highest BCUT2D eigenvalue weighted by Crippen LogP contribution is 2.36. The average Bonchev–Trinajstić information content (AvgIpc) is 2.52. The molecular weight excluding hydrogens is 351 g/mol. The Bertz CT molecular complexity index is 751. The number of thiocarbonyl (C=S) groups is 1. The molecule has 0 bridgehead atoms. The Kier molecular flexibility index (Phi) is 5.09. The zero-order chi connectivity index (χ0) is 16.4. The van der Waals surface area contributed by atoms with Crippen LogP contribution in [0.3, 0.4) is 0 Å². The number of halogens is 2. The summed E-state index contributed by atoms with van der Waals surface area (Å²) >= 11 is 13.3. The molecule has 0 unspecified atom stereocenters. The molecule has 1 atom stereocenters. The Morgan fingerprint density at radius 3 is 3.00 bits per heavy atom. The largest absolute Gasteiger partial charge is 0.356 e. The second-order valence-corrected chi connectivity index (χ2v) is 7.33. The predicted molar refractivity (Wildman–Crippen MR) is 100 cm³/mol. The van der Waals surface area contributed by atoms with Gasteiger partial charge in [0.25, 0.3) is 0 Å². The van der Waals surface area contributed by atoms with E-state index in [1.54, 1.807) is 17.8 Å². The second-order valence-electron chi connectivity index (χ2n) is 5.38. The van der Waals surface area contributed by atoms with Crippen molar-refractivity contribution >= 4 is 46.4 Å². The van der Waals surface area contributed by atoms with E-state index >= 15 is 0 Å². The zero-order valence-electron chi connectivity index (χ0n) is 12.5. The summed E-state index contributed by atoms with van der Waals surface area (Å²) in [6, 6.07) is 10.6. The van der Waals surface area contributed by atoms with Crippen molar-refractivity contribution in [3.63, 3.8) is 0 Å². The van der Waals surface area contributed by atoms with Gasteiger partial charge in [0.15, 0.2) is 5.11 Å². The van der Waals surface area contributed by atoms with Crippen LogP contribution in [0.15, 0.2) is 41.3 Å². The van der Waals surface area contributed by atoms with E-state index in [9.17, 15) is 4.39 Å². The number of thioether (sulfide) groups is 1. The monoisotopic (exact) mass is 366 g/mol. The average molecular weight is 367 g/mol. The number of hydrogen-bond acceptors (Lipinski definition) is 2. The van der Waals surface area contributed by atoms with E-state index in [0.29, 0.717) is 10.1 Å². The molecule has 1 heterocycles. The first kappa shape index (κ1) is 16.6. The summed E-state index contributed by atoms with van der Waals surface area (Å²) in [7, 11) is 0. The van der Waals surface area contributed by atoms with Crippen molar-refractivity contribution in [1.82, 2.24) is 5.32 Å². The van der Waals surface area contributed by atoms with E-state index in [2.05, 4.69) is 10.6 Å². The molecule has 3 rings (SSSR count). The molecule has 120 valence electrons. The first-order valence-corrected chi connectivity index (χ1v) is 9.06. The van der Waals surface area contributed by atoms with Crippen LogP contribution >= 0.6 is 35.6 Å². The molecule has 1 aliphatic rings. The fourth-order valence-electron chi connectivity index (χ4n) is 2.57. The van der Waals surface area contributed by atoms with Crippen LogP contribution in [0.4, 0.5) is 10.1 Å². The predicted octanol–water partition coefficient (Wildman–Crippen LogP) is 5.31. The van der Waals surface area contributed by atoms with Gasteiger partial charge in [0.2, 0.25) is 0 Å². The van der Waals surface area contributed by atoms with Gasteiger partial charge in [0, 0.05) is 21.4 Å². The minimum Gasteiger partial charge on any atom is -0.356 e. The molecule has 0 aliphatic carbocycles. The van der Waals surface area contributed by atoms with Crippen LogP contribution in [0.1, 0.15) is 23.6 Å². The topological polar surface area (TPSA) is 24.1 Å². The van der Waals surface area contributed by atoms with Gasteiger partial charge in [-0.2, -0.15) is 0 Å². The number of hydrogen-bond donors (Lipinski definition) is 2. The van der Waals surface area contributed by atoms with Gasteiger partial charge in [0.1, 0.15) is 5.82 Å². The van der Waals surface area contributed by atoms with Gasteiger partial charge in [-0.05, 0) is 67.0 Å². The Labute approximate surface area is 149 Å². The van der Waals surface area contributed by atoms with Crippen molar-refractivity contribution < 1.29 is 4.39 Å². The quantitative estimate of drug-likeness (QED) is 0.703. The first-order chi connectivity index (χ1) is 11.0. The summed E-state index contributed by atoms with van der Waals surface area (Å²) in [5.41, 5.74) is 2.79. The SMILES string of the molecule is Cc1c(Cl)cccc1NC(=S)N[C@H]1CCSc2ccc(F)cc21. The van der Waals surface area contributed by atoms with Crippen molar-refractivity contribution in [1.29, 1.82) is 0 Å². The third kappa shape index (κ3) is 3.79. The second kappa shape index (κ2) is 7.07. The van der Waals surface area contributed by atoms with Crippen molar-refractivity contribution in [2.45, 2.75) is 24.3 Å². The maximum atomic E-state index is 13.5. The number of benzene rings is 2. The van der Waals surface area contributed by atoms with Gasteiger partial charge in [-0.25, -0.2) is 4.39 Å². The maximum absolute atomic E-state index is 13.5. The van der Waals surface area contributed by atoms with Crippen LogP contribution in [-0.2, 0) is 0 Å². The zero-order valence-corrected chi connectivity index (χ0v) is 14.9. The van der Waals surface area contributed by atoms with E-state index in [-0.39, 0.29) is 11.9 Å². The molecule has 0 aromatic heterocycles. The van der Waals surface area contributed by atoms with Crippen molar-refractivity contribution in [2.24, 2.45) is 0 Å². The van der Waals surface area contributed by atoms with Crippen molar-refractivity contribution in [2.75, 3.05) is 11.1 Å². The highest BCUT2D eigenvalue weighted by atomic mass is 35.5. The van der Waals surface area contributed by atoms with Crippen LogP contribution in [0.25, 0.3) is 0 Å². The lowest BCUT2D eigenvalue weighted by atomic mass is 10.0. The summed E-state index contributed by atoms with van der Waals surface area (Å²) in [6.45, 7) is 1.94. The van der Waals surface area contributed by atoms with Gasteiger partial charge in [0.05, 0.1) is 6.04 Å². The molecule has 6 heteroatoms. The maximum Gasteiger partial charge on any atom is 0.171 e. The molecule has 2 nitrogen and oxygen atoms in total. The molecule has 2 aromatic carbocycles. The Morgan fingerprint density at radius 2 is 2.17 bits per heavy atom. The summed E-state index contributed by atoms with van der Waals surface area (Å²) in [4.78, 5) is 1.11. The fourth-order valence-corrected chi connectivity index (χ4v) is 4.11. The van der Waals surface area contributed by atoms with Crippen LogP contribution in [0, 0.1) is 12.7 Å². The molecular formula is C17H16ClFN2S2. The highest BCUT2D eigenvalue weighted by Gasteiger charge is 2.22. The van der Waals surface area contributed by atoms with Crippen molar-refractivity contribution in [3.8, 4) is 0 Å². The lowest BCUT2D eigenvalue weighted by Gasteiger charge is -2.27. The van der Waals surface area contributed by atoms with Gasteiger partial charge in [-0.15, -0.1) is 11.8 Å². The molecule has 0 amide bonds. The molecule has 0 spiro atoms.